The minimum absolute atomic E-state index is 0.0817. The number of anilines is 1. The molecule has 4 nitrogen and oxygen atoms in total. The zero-order valence-electron chi connectivity index (χ0n) is 15.8. The fraction of sp³-hybridized carbons (Fsp3) is 0.600. The van der Waals surface area contributed by atoms with Gasteiger partial charge < -0.3 is 4.90 Å². The fourth-order valence-electron chi connectivity index (χ4n) is 3.67. The second-order valence-electron chi connectivity index (χ2n) is 6.86. The predicted molar refractivity (Wildman–Crippen MR) is 106 cm³/mol. The van der Waals surface area contributed by atoms with Crippen molar-refractivity contribution in [1.82, 2.24) is 4.90 Å². The SMILES string of the molecule is CS[C@@H]1CCC[C@H]1N(C)CC(=O)N(CCC#N)c1cccc(C)c1C. The monoisotopic (exact) mass is 359 g/mol. The quantitative estimate of drug-likeness (QED) is 0.743. The molecule has 0 heterocycles. The third-order valence-electron chi connectivity index (χ3n) is 5.29. The first-order valence-corrected chi connectivity index (χ1v) is 10.2. The number of likely N-dealkylation sites (N-methyl/N-ethyl adjacent to an activating group) is 1. The molecule has 2 atom stereocenters. The van der Waals surface area contributed by atoms with E-state index in [0.717, 1.165) is 17.7 Å². The zero-order chi connectivity index (χ0) is 18.4. The lowest BCUT2D eigenvalue weighted by atomic mass is 10.1. The van der Waals surface area contributed by atoms with Gasteiger partial charge in [-0.2, -0.15) is 17.0 Å². The van der Waals surface area contributed by atoms with Gasteiger partial charge in [-0.15, -0.1) is 0 Å². The molecular weight excluding hydrogens is 330 g/mol. The molecule has 1 aliphatic rings. The van der Waals surface area contributed by atoms with Gasteiger partial charge in [0, 0.05) is 23.5 Å². The fourth-order valence-corrected chi connectivity index (χ4v) is 4.73. The van der Waals surface area contributed by atoms with Gasteiger partial charge in [-0.3, -0.25) is 9.69 Å². The van der Waals surface area contributed by atoms with Crippen molar-refractivity contribution in [2.24, 2.45) is 0 Å². The van der Waals surface area contributed by atoms with Gasteiger partial charge in [0.25, 0.3) is 0 Å². The molecule has 1 aromatic rings. The number of carbonyl (C=O) groups excluding carboxylic acids is 1. The lowest BCUT2D eigenvalue weighted by Gasteiger charge is -2.31. The minimum atomic E-state index is 0.0817. The molecule has 1 aromatic carbocycles. The average molecular weight is 360 g/mol. The van der Waals surface area contributed by atoms with Gasteiger partial charge in [-0.1, -0.05) is 18.6 Å². The molecule has 0 radical (unpaired) electrons. The first kappa shape index (κ1) is 19.8. The van der Waals surface area contributed by atoms with Gasteiger partial charge in [0.15, 0.2) is 0 Å². The van der Waals surface area contributed by atoms with Crippen LogP contribution in [0, 0.1) is 25.2 Å². The maximum absolute atomic E-state index is 13.0. The number of hydrogen-bond acceptors (Lipinski definition) is 4. The summed E-state index contributed by atoms with van der Waals surface area (Å²) in [4.78, 5) is 17.0. The first-order chi connectivity index (χ1) is 12.0. The van der Waals surface area contributed by atoms with E-state index in [0.29, 0.717) is 30.8 Å². The highest BCUT2D eigenvalue weighted by molar-refractivity contribution is 7.99. The molecule has 136 valence electrons. The van der Waals surface area contributed by atoms with Crippen molar-refractivity contribution < 1.29 is 4.79 Å². The van der Waals surface area contributed by atoms with E-state index in [1.165, 1.54) is 18.4 Å². The molecule has 1 fully saturated rings. The van der Waals surface area contributed by atoms with Crippen LogP contribution in [0.1, 0.15) is 36.8 Å². The van der Waals surface area contributed by atoms with E-state index in [1.807, 2.05) is 30.8 Å². The highest BCUT2D eigenvalue weighted by Gasteiger charge is 2.31. The van der Waals surface area contributed by atoms with Crippen LogP contribution in [0.4, 0.5) is 5.69 Å². The molecule has 0 bridgehead atoms. The second-order valence-corrected chi connectivity index (χ2v) is 7.94. The maximum Gasteiger partial charge on any atom is 0.241 e. The molecule has 0 aromatic heterocycles. The third kappa shape index (κ3) is 4.77. The van der Waals surface area contributed by atoms with Crippen LogP contribution in [0.25, 0.3) is 0 Å². The number of rotatable bonds is 7. The van der Waals surface area contributed by atoms with Gasteiger partial charge in [0.2, 0.25) is 5.91 Å². The zero-order valence-corrected chi connectivity index (χ0v) is 16.6. The highest BCUT2D eigenvalue weighted by Crippen LogP contribution is 2.31. The summed E-state index contributed by atoms with van der Waals surface area (Å²) in [7, 11) is 2.06. The van der Waals surface area contributed by atoms with Gasteiger partial charge in [-0.05, 0) is 57.2 Å². The average Bonchev–Trinajstić information content (AvgIpc) is 3.07. The van der Waals surface area contributed by atoms with Crippen molar-refractivity contribution in [3.63, 3.8) is 0 Å². The number of carbonyl (C=O) groups is 1. The lowest BCUT2D eigenvalue weighted by Crippen LogP contribution is -2.45. The van der Waals surface area contributed by atoms with Gasteiger partial charge in [0.05, 0.1) is 19.0 Å². The Hall–Kier alpha value is -1.51. The van der Waals surface area contributed by atoms with E-state index < -0.39 is 0 Å². The van der Waals surface area contributed by atoms with Crippen LogP contribution in [-0.4, -0.2) is 48.5 Å². The Morgan fingerprint density at radius 1 is 1.36 bits per heavy atom. The van der Waals surface area contributed by atoms with Crippen molar-refractivity contribution in [2.75, 3.05) is 31.3 Å². The largest absolute Gasteiger partial charge is 0.310 e. The molecule has 5 heteroatoms. The Kier molecular flexibility index (Phi) is 7.34. The van der Waals surface area contributed by atoms with Crippen LogP contribution >= 0.6 is 11.8 Å². The molecule has 1 aliphatic carbocycles. The molecule has 0 saturated heterocycles. The smallest absolute Gasteiger partial charge is 0.241 e. The van der Waals surface area contributed by atoms with Crippen molar-refractivity contribution in [3.05, 3.63) is 29.3 Å². The van der Waals surface area contributed by atoms with Crippen LogP contribution in [0.5, 0.6) is 0 Å². The summed E-state index contributed by atoms with van der Waals surface area (Å²) < 4.78 is 0. The van der Waals surface area contributed by atoms with Crippen molar-refractivity contribution in [3.8, 4) is 6.07 Å². The first-order valence-electron chi connectivity index (χ1n) is 8.96. The van der Waals surface area contributed by atoms with Crippen molar-refractivity contribution >= 4 is 23.4 Å². The number of aryl methyl sites for hydroxylation is 1. The lowest BCUT2D eigenvalue weighted by molar-refractivity contribution is -0.119. The van der Waals surface area contributed by atoms with E-state index in [2.05, 4.69) is 37.3 Å². The van der Waals surface area contributed by atoms with Crippen LogP contribution in [0.3, 0.4) is 0 Å². The summed E-state index contributed by atoms with van der Waals surface area (Å²) in [5.41, 5.74) is 3.21. The molecule has 25 heavy (non-hydrogen) atoms. The summed E-state index contributed by atoms with van der Waals surface area (Å²) >= 11 is 1.91. The summed E-state index contributed by atoms with van der Waals surface area (Å²) in [6.07, 6.45) is 6.15. The Morgan fingerprint density at radius 2 is 2.12 bits per heavy atom. The number of benzene rings is 1. The molecule has 0 unspecified atom stereocenters. The van der Waals surface area contributed by atoms with E-state index >= 15 is 0 Å². The molecule has 1 amide bonds. The Morgan fingerprint density at radius 3 is 2.80 bits per heavy atom. The van der Waals surface area contributed by atoms with Gasteiger partial charge >= 0.3 is 0 Å². The van der Waals surface area contributed by atoms with Crippen LogP contribution < -0.4 is 4.90 Å². The molecule has 0 aliphatic heterocycles. The summed E-state index contributed by atoms with van der Waals surface area (Å²) in [6.45, 7) is 4.95. The highest BCUT2D eigenvalue weighted by atomic mass is 32.2. The van der Waals surface area contributed by atoms with E-state index in [-0.39, 0.29) is 5.91 Å². The van der Waals surface area contributed by atoms with E-state index in [4.69, 9.17) is 5.26 Å². The molecular formula is C20H29N3OS. The Labute approximate surface area is 156 Å². The molecule has 1 saturated carbocycles. The predicted octanol–water partition coefficient (Wildman–Crippen LogP) is 3.77. The van der Waals surface area contributed by atoms with Crippen LogP contribution in [-0.2, 0) is 4.79 Å². The minimum Gasteiger partial charge on any atom is -0.310 e. The van der Waals surface area contributed by atoms with Crippen molar-refractivity contribution in [2.45, 2.75) is 50.8 Å². The van der Waals surface area contributed by atoms with Gasteiger partial charge in [-0.25, -0.2) is 0 Å². The standard InChI is InChI=1S/C20H29N3OS/c1-15-8-5-9-17(16(15)2)23(13-7-12-21)20(24)14-22(3)18-10-6-11-19(18)25-4/h5,8-9,18-19H,6-7,10-11,13-14H2,1-4H3/t18-,19-/m1/s1. The van der Waals surface area contributed by atoms with E-state index in [9.17, 15) is 4.79 Å². The number of nitriles is 1. The summed E-state index contributed by atoms with van der Waals surface area (Å²) in [5, 5.41) is 9.60. The number of thioether (sulfide) groups is 1. The third-order valence-corrected chi connectivity index (χ3v) is 6.44. The number of hydrogen-bond donors (Lipinski definition) is 0. The molecule has 0 N–H and O–H groups in total. The molecule has 0 spiro atoms. The maximum atomic E-state index is 13.0. The molecule has 2 rings (SSSR count). The van der Waals surface area contributed by atoms with Crippen LogP contribution in [0.2, 0.25) is 0 Å². The number of amides is 1. The van der Waals surface area contributed by atoms with E-state index in [1.54, 1.807) is 4.90 Å². The summed E-state index contributed by atoms with van der Waals surface area (Å²) in [6, 6.07) is 8.66. The van der Waals surface area contributed by atoms with Crippen LogP contribution in [0.15, 0.2) is 18.2 Å². The summed E-state index contributed by atoms with van der Waals surface area (Å²) in [5.74, 6) is 0.0817. The topological polar surface area (TPSA) is 47.3 Å². The normalized spacial score (nSPS) is 19.8. The second kappa shape index (κ2) is 9.26. The Bertz CT molecular complexity index is 640. The van der Waals surface area contributed by atoms with Crippen molar-refractivity contribution in [1.29, 1.82) is 5.26 Å². The number of nitrogens with zero attached hydrogens (tertiary/aromatic N) is 3. The Balaban J connectivity index is 2.16. The van der Waals surface area contributed by atoms with Gasteiger partial charge in [0.1, 0.15) is 0 Å².